The molecule has 0 radical (unpaired) electrons. The normalized spacial score (nSPS) is 16.1. The molecule has 1 aromatic rings. The van der Waals surface area contributed by atoms with Gasteiger partial charge in [-0.1, -0.05) is 25.3 Å². The maximum Gasteiger partial charge on any atom is 0.239 e. The number of benzene rings is 1. The summed E-state index contributed by atoms with van der Waals surface area (Å²) in [5.74, 6) is 0.0986. The summed E-state index contributed by atoms with van der Waals surface area (Å²) in [5, 5.41) is 6.29. The van der Waals surface area contributed by atoms with E-state index in [1.165, 1.54) is 24.2 Å². The lowest BCUT2D eigenvalue weighted by Gasteiger charge is -2.22. The highest BCUT2D eigenvalue weighted by Crippen LogP contribution is 2.19. The quantitative estimate of drug-likeness (QED) is 0.812. The Kier molecular flexibility index (Phi) is 5.58. The SMILES string of the molecule is CSc1cccc(NCC(=O)NC2CCCCC2)c1. The fourth-order valence-corrected chi connectivity index (χ4v) is 2.90. The Morgan fingerprint density at radius 1 is 1.32 bits per heavy atom. The Bertz CT molecular complexity index is 416. The first-order valence-corrected chi connectivity index (χ1v) is 8.17. The number of hydrogen-bond acceptors (Lipinski definition) is 3. The number of amides is 1. The third-order valence-electron chi connectivity index (χ3n) is 3.49. The molecule has 1 aliphatic rings. The van der Waals surface area contributed by atoms with E-state index in [1.807, 2.05) is 12.1 Å². The van der Waals surface area contributed by atoms with Crippen LogP contribution in [0.5, 0.6) is 0 Å². The number of carbonyl (C=O) groups is 1. The van der Waals surface area contributed by atoms with E-state index in [0.29, 0.717) is 12.6 Å². The molecule has 1 fully saturated rings. The van der Waals surface area contributed by atoms with E-state index < -0.39 is 0 Å². The monoisotopic (exact) mass is 278 g/mol. The van der Waals surface area contributed by atoms with Gasteiger partial charge in [-0.3, -0.25) is 4.79 Å². The standard InChI is InChI=1S/C15H22N2OS/c1-19-14-9-5-8-13(10-14)16-11-15(18)17-12-6-3-2-4-7-12/h5,8-10,12,16H,2-4,6-7,11H2,1H3,(H,17,18). The van der Waals surface area contributed by atoms with Gasteiger partial charge in [0.1, 0.15) is 0 Å². The average Bonchev–Trinajstić information content (AvgIpc) is 2.46. The van der Waals surface area contributed by atoms with Gasteiger partial charge in [0.15, 0.2) is 0 Å². The van der Waals surface area contributed by atoms with Gasteiger partial charge in [-0.2, -0.15) is 0 Å². The summed E-state index contributed by atoms with van der Waals surface area (Å²) in [6.07, 6.45) is 8.12. The Morgan fingerprint density at radius 2 is 2.11 bits per heavy atom. The fourth-order valence-electron chi connectivity index (χ4n) is 2.44. The Labute approximate surface area is 119 Å². The van der Waals surface area contributed by atoms with Crippen LogP contribution in [-0.2, 0) is 4.79 Å². The predicted molar refractivity (Wildman–Crippen MR) is 81.7 cm³/mol. The van der Waals surface area contributed by atoms with Gasteiger partial charge >= 0.3 is 0 Å². The number of carbonyl (C=O) groups excluding carboxylic acids is 1. The van der Waals surface area contributed by atoms with Gasteiger partial charge in [0.25, 0.3) is 0 Å². The lowest BCUT2D eigenvalue weighted by atomic mass is 9.95. The lowest BCUT2D eigenvalue weighted by Crippen LogP contribution is -2.39. The molecule has 19 heavy (non-hydrogen) atoms. The van der Waals surface area contributed by atoms with Crippen LogP contribution in [0.4, 0.5) is 5.69 Å². The molecule has 0 spiro atoms. The molecule has 1 saturated carbocycles. The minimum absolute atomic E-state index is 0.0986. The Balaban J connectivity index is 1.76. The lowest BCUT2D eigenvalue weighted by molar-refractivity contribution is -0.120. The summed E-state index contributed by atoms with van der Waals surface area (Å²) < 4.78 is 0. The second-order valence-corrected chi connectivity index (χ2v) is 5.87. The molecule has 2 N–H and O–H groups in total. The highest BCUT2D eigenvalue weighted by Gasteiger charge is 2.15. The molecule has 2 rings (SSSR count). The van der Waals surface area contributed by atoms with Crippen molar-refractivity contribution in [2.24, 2.45) is 0 Å². The van der Waals surface area contributed by atoms with Crippen molar-refractivity contribution in [1.82, 2.24) is 5.32 Å². The van der Waals surface area contributed by atoms with Crippen LogP contribution in [0.25, 0.3) is 0 Å². The van der Waals surface area contributed by atoms with Crippen molar-refractivity contribution in [3.63, 3.8) is 0 Å². The van der Waals surface area contributed by atoms with Crippen LogP contribution >= 0.6 is 11.8 Å². The van der Waals surface area contributed by atoms with Crippen LogP contribution in [0.1, 0.15) is 32.1 Å². The van der Waals surface area contributed by atoms with Gasteiger partial charge in [0.05, 0.1) is 6.54 Å². The number of nitrogens with one attached hydrogen (secondary N) is 2. The maximum atomic E-state index is 11.9. The highest BCUT2D eigenvalue weighted by molar-refractivity contribution is 7.98. The van der Waals surface area contributed by atoms with Crippen molar-refractivity contribution in [1.29, 1.82) is 0 Å². The molecule has 0 unspecified atom stereocenters. The van der Waals surface area contributed by atoms with Gasteiger partial charge in [-0.15, -0.1) is 11.8 Å². The zero-order valence-electron chi connectivity index (χ0n) is 11.4. The van der Waals surface area contributed by atoms with Crippen molar-refractivity contribution < 1.29 is 4.79 Å². The minimum Gasteiger partial charge on any atom is -0.376 e. The van der Waals surface area contributed by atoms with Gasteiger partial charge in [0.2, 0.25) is 5.91 Å². The second kappa shape index (κ2) is 7.43. The third-order valence-corrected chi connectivity index (χ3v) is 4.22. The van der Waals surface area contributed by atoms with Crippen molar-refractivity contribution in [3.05, 3.63) is 24.3 Å². The highest BCUT2D eigenvalue weighted by atomic mass is 32.2. The molecule has 0 atom stereocenters. The predicted octanol–water partition coefficient (Wildman–Crippen LogP) is 3.27. The van der Waals surface area contributed by atoms with Gasteiger partial charge in [0, 0.05) is 16.6 Å². The van der Waals surface area contributed by atoms with Crippen molar-refractivity contribution in [2.45, 2.75) is 43.0 Å². The molecule has 0 aromatic heterocycles. The first-order valence-electron chi connectivity index (χ1n) is 6.95. The topological polar surface area (TPSA) is 41.1 Å². The van der Waals surface area contributed by atoms with Crippen molar-refractivity contribution in [3.8, 4) is 0 Å². The fraction of sp³-hybridized carbons (Fsp3) is 0.533. The molecule has 1 aliphatic carbocycles. The van der Waals surface area contributed by atoms with E-state index in [-0.39, 0.29) is 5.91 Å². The number of hydrogen-bond donors (Lipinski definition) is 2. The summed E-state index contributed by atoms with van der Waals surface area (Å²) in [7, 11) is 0. The molecule has 0 heterocycles. The number of thioether (sulfide) groups is 1. The molecule has 1 aromatic carbocycles. The summed E-state index contributed by atoms with van der Waals surface area (Å²) in [5.41, 5.74) is 1.01. The maximum absolute atomic E-state index is 11.9. The molecular formula is C15H22N2OS. The van der Waals surface area contributed by atoms with Crippen molar-refractivity contribution >= 4 is 23.4 Å². The first-order chi connectivity index (χ1) is 9.28. The summed E-state index contributed by atoms with van der Waals surface area (Å²) >= 11 is 1.71. The molecular weight excluding hydrogens is 256 g/mol. The summed E-state index contributed by atoms with van der Waals surface area (Å²) in [6, 6.07) is 8.53. The molecule has 0 aliphatic heterocycles. The smallest absolute Gasteiger partial charge is 0.239 e. The minimum atomic E-state index is 0.0986. The molecule has 104 valence electrons. The van der Waals surface area contributed by atoms with Crippen LogP contribution < -0.4 is 10.6 Å². The Hall–Kier alpha value is -1.16. The molecule has 1 amide bonds. The van der Waals surface area contributed by atoms with Crippen LogP contribution in [0.3, 0.4) is 0 Å². The van der Waals surface area contributed by atoms with Crippen LogP contribution in [0, 0.1) is 0 Å². The van der Waals surface area contributed by atoms with E-state index >= 15 is 0 Å². The largest absolute Gasteiger partial charge is 0.376 e. The number of rotatable bonds is 5. The van der Waals surface area contributed by atoms with Gasteiger partial charge in [-0.05, 0) is 37.3 Å². The average molecular weight is 278 g/mol. The molecule has 0 bridgehead atoms. The zero-order valence-corrected chi connectivity index (χ0v) is 12.3. The molecule has 0 saturated heterocycles. The summed E-state index contributed by atoms with van der Waals surface area (Å²) in [4.78, 5) is 13.1. The molecule has 3 nitrogen and oxygen atoms in total. The van der Waals surface area contributed by atoms with E-state index in [2.05, 4.69) is 29.0 Å². The zero-order chi connectivity index (χ0) is 13.5. The van der Waals surface area contributed by atoms with E-state index in [4.69, 9.17) is 0 Å². The second-order valence-electron chi connectivity index (χ2n) is 4.99. The van der Waals surface area contributed by atoms with E-state index in [9.17, 15) is 4.79 Å². The number of anilines is 1. The Morgan fingerprint density at radius 3 is 2.84 bits per heavy atom. The van der Waals surface area contributed by atoms with Gasteiger partial charge in [-0.25, -0.2) is 0 Å². The van der Waals surface area contributed by atoms with E-state index in [0.717, 1.165) is 18.5 Å². The molecule has 4 heteroatoms. The van der Waals surface area contributed by atoms with Crippen LogP contribution in [-0.4, -0.2) is 24.7 Å². The van der Waals surface area contributed by atoms with E-state index in [1.54, 1.807) is 11.8 Å². The van der Waals surface area contributed by atoms with Crippen LogP contribution in [0.2, 0.25) is 0 Å². The summed E-state index contributed by atoms with van der Waals surface area (Å²) in [6.45, 7) is 0.355. The third kappa shape index (κ3) is 4.78. The van der Waals surface area contributed by atoms with Gasteiger partial charge < -0.3 is 10.6 Å². The van der Waals surface area contributed by atoms with Crippen molar-refractivity contribution in [2.75, 3.05) is 18.1 Å². The first kappa shape index (κ1) is 14.3. The van der Waals surface area contributed by atoms with Crippen LogP contribution in [0.15, 0.2) is 29.2 Å².